The van der Waals surface area contributed by atoms with Crippen molar-refractivity contribution in [2.75, 3.05) is 5.73 Å². The maximum Gasteiger partial charge on any atom is 0.260 e. The molecule has 4 N–H and O–H groups in total. The van der Waals surface area contributed by atoms with Crippen LogP contribution in [0.25, 0.3) is 10.2 Å². The van der Waals surface area contributed by atoms with Crippen LogP contribution in [0, 0.1) is 20.8 Å². The number of nitrogens with two attached hydrogens (primary N) is 2. The molecule has 0 saturated heterocycles. The van der Waals surface area contributed by atoms with Gasteiger partial charge in [0.05, 0.1) is 5.69 Å². The van der Waals surface area contributed by atoms with Crippen molar-refractivity contribution in [1.29, 1.82) is 0 Å². The summed E-state index contributed by atoms with van der Waals surface area (Å²) in [5, 5.41) is 0.881. The minimum absolute atomic E-state index is 0.406. The second kappa shape index (κ2) is 7.45. The first kappa shape index (κ1) is 17.9. The summed E-state index contributed by atoms with van der Waals surface area (Å²) < 4.78 is 0. The molecule has 5 heteroatoms. The number of nitrogen functional groups attached to an aromatic ring is 1. The number of carbonyl (C=O) groups excluding carboxylic acids is 1. The minimum Gasteiger partial charge on any atom is -0.397 e. The van der Waals surface area contributed by atoms with E-state index in [0.29, 0.717) is 10.6 Å². The van der Waals surface area contributed by atoms with Gasteiger partial charge in [-0.2, -0.15) is 0 Å². The Morgan fingerprint density at radius 2 is 1.79 bits per heavy atom. The number of rotatable bonds is 2. The van der Waals surface area contributed by atoms with Crippen molar-refractivity contribution in [2.45, 2.75) is 34.1 Å². The van der Waals surface area contributed by atoms with Gasteiger partial charge in [0, 0.05) is 11.1 Å². The number of anilines is 1. The normalized spacial score (nSPS) is 10.3. The number of amides is 1. The van der Waals surface area contributed by atoms with E-state index in [2.05, 4.69) is 31.0 Å². The van der Waals surface area contributed by atoms with Gasteiger partial charge in [0.2, 0.25) is 0 Å². The van der Waals surface area contributed by atoms with Crippen LogP contribution in [-0.4, -0.2) is 10.9 Å². The Morgan fingerprint density at radius 1 is 1.17 bits per heavy atom. The zero-order valence-electron chi connectivity index (χ0n) is 14.5. The number of fused-ring (bicyclic) bond motifs is 1. The van der Waals surface area contributed by atoms with Crippen LogP contribution < -0.4 is 11.5 Å². The van der Waals surface area contributed by atoms with E-state index < -0.39 is 5.91 Å². The Bertz CT molecular complexity index is 869. The first-order valence-electron chi connectivity index (χ1n) is 7.86. The highest BCUT2D eigenvalue weighted by Gasteiger charge is 2.18. The number of hydrogen-bond donors (Lipinski definition) is 2. The van der Waals surface area contributed by atoms with Crippen LogP contribution in [0.5, 0.6) is 0 Å². The molecular weight excluding hydrogens is 318 g/mol. The van der Waals surface area contributed by atoms with E-state index in [-0.39, 0.29) is 0 Å². The first-order valence-corrected chi connectivity index (χ1v) is 8.67. The number of pyridine rings is 1. The predicted octanol–water partition coefficient (Wildman–Crippen LogP) is 4.15. The van der Waals surface area contributed by atoms with Crippen molar-refractivity contribution in [2.24, 2.45) is 5.73 Å². The number of hydrogen-bond acceptors (Lipinski definition) is 4. The molecule has 2 aromatic heterocycles. The molecule has 24 heavy (non-hydrogen) atoms. The fraction of sp³-hybridized carbons (Fsp3) is 0.263. The lowest BCUT2D eigenvalue weighted by Gasteiger charge is -2.08. The molecule has 3 rings (SSSR count). The molecule has 1 amide bonds. The number of thiophene rings is 1. The third-order valence-electron chi connectivity index (χ3n) is 3.98. The van der Waals surface area contributed by atoms with Gasteiger partial charge in [-0.1, -0.05) is 42.8 Å². The molecule has 0 spiro atoms. The summed E-state index contributed by atoms with van der Waals surface area (Å²) >= 11 is 1.27. The Balaban J connectivity index is 0.000000249. The Hall–Kier alpha value is -2.40. The SMILES string of the molecule is CCc1c(C)nc2sc(C(N)=O)c(N)c2c1C.Cc1ccccc1. The zero-order chi connectivity index (χ0) is 17.9. The molecule has 0 bridgehead atoms. The van der Waals surface area contributed by atoms with Crippen LogP contribution in [0.15, 0.2) is 30.3 Å². The summed E-state index contributed by atoms with van der Waals surface area (Å²) in [5.41, 5.74) is 16.4. The van der Waals surface area contributed by atoms with Gasteiger partial charge >= 0.3 is 0 Å². The molecule has 1 aromatic carbocycles. The molecule has 2 heterocycles. The molecule has 126 valence electrons. The lowest BCUT2D eigenvalue weighted by atomic mass is 10.0. The highest BCUT2D eigenvalue weighted by atomic mass is 32.1. The molecule has 0 aliphatic rings. The number of nitrogens with zero attached hydrogens (tertiary/aromatic N) is 1. The Morgan fingerprint density at radius 3 is 2.25 bits per heavy atom. The fourth-order valence-electron chi connectivity index (χ4n) is 2.75. The molecular formula is C19H23N3OS. The molecule has 3 aromatic rings. The van der Waals surface area contributed by atoms with Crippen molar-refractivity contribution in [3.8, 4) is 0 Å². The van der Waals surface area contributed by atoms with Crippen LogP contribution in [0.4, 0.5) is 5.69 Å². The second-order valence-electron chi connectivity index (χ2n) is 5.70. The third-order valence-corrected chi connectivity index (χ3v) is 5.09. The summed E-state index contributed by atoms with van der Waals surface area (Å²) in [4.78, 5) is 17.0. The van der Waals surface area contributed by atoms with Gasteiger partial charge in [-0.15, -0.1) is 11.3 Å². The molecule has 0 aliphatic carbocycles. The average molecular weight is 341 g/mol. The standard InChI is InChI=1S/C12H15N3OS.C7H8/c1-4-7-5(2)8-9(13)10(11(14)16)17-12(8)15-6(7)3;1-7-5-3-2-4-6-7/h4,13H2,1-3H3,(H2,14,16);2-6H,1H3. The van der Waals surface area contributed by atoms with Crippen LogP contribution in [0.1, 0.15) is 39.0 Å². The maximum atomic E-state index is 11.3. The molecule has 0 saturated carbocycles. The largest absolute Gasteiger partial charge is 0.397 e. The van der Waals surface area contributed by atoms with Crippen molar-refractivity contribution in [3.05, 3.63) is 57.6 Å². The number of carbonyl (C=O) groups is 1. The average Bonchev–Trinajstić information content (AvgIpc) is 2.86. The maximum absolute atomic E-state index is 11.3. The number of primary amides is 1. The van der Waals surface area contributed by atoms with Crippen LogP contribution in [0.3, 0.4) is 0 Å². The summed E-state index contributed by atoms with van der Waals surface area (Å²) in [6.45, 7) is 8.16. The second-order valence-corrected chi connectivity index (χ2v) is 6.70. The first-order chi connectivity index (χ1) is 11.4. The molecule has 0 unspecified atom stereocenters. The Kier molecular flexibility index (Phi) is 5.57. The highest BCUT2D eigenvalue weighted by Crippen LogP contribution is 2.36. The molecule has 0 fully saturated rings. The van der Waals surface area contributed by atoms with E-state index >= 15 is 0 Å². The molecule has 0 atom stereocenters. The van der Waals surface area contributed by atoms with Crippen LogP contribution in [0.2, 0.25) is 0 Å². The number of benzene rings is 1. The molecule has 0 radical (unpaired) electrons. The van der Waals surface area contributed by atoms with E-state index in [1.165, 1.54) is 22.5 Å². The van der Waals surface area contributed by atoms with E-state index in [1.807, 2.05) is 32.0 Å². The zero-order valence-corrected chi connectivity index (χ0v) is 15.3. The fourth-order valence-corrected chi connectivity index (χ4v) is 3.81. The number of aryl methyl sites for hydroxylation is 3. The lowest BCUT2D eigenvalue weighted by molar-refractivity contribution is 0.100. The summed E-state index contributed by atoms with van der Waals surface area (Å²) in [7, 11) is 0. The highest BCUT2D eigenvalue weighted by molar-refractivity contribution is 7.21. The third kappa shape index (κ3) is 3.57. The van der Waals surface area contributed by atoms with Crippen molar-refractivity contribution < 1.29 is 4.79 Å². The molecule has 0 aliphatic heterocycles. The van der Waals surface area contributed by atoms with Crippen LogP contribution in [-0.2, 0) is 6.42 Å². The van der Waals surface area contributed by atoms with E-state index in [0.717, 1.165) is 27.9 Å². The summed E-state index contributed by atoms with van der Waals surface area (Å²) in [6.07, 6.45) is 0.905. The quantitative estimate of drug-likeness (QED) is 0.734. The summed E-state index contributed by atoms with van der Waals surface area (Å²) in [6, 6.07) is 10.3. The topological polar surface area (TPSA) is 82.0 Å². The van der Waals surface area contributed by atoms with Crippen LogP contribution >= 0.6 is 11.3 Å². The van der Waals surface area contributed by atoms with Gasteiger partial charge < -0.3 is 11.5 Å². The van der Waals surface area contributed by atoms with Gasteiger partial charge in [0.1, 0.15) is 9.71 Å². The van der Waals surface area contributed by atoms with Gasteiger partial charge in [0.15, 0.2) is 0 Å². The monoisotopic (exact) mass is 341 g/mol. The minimum atomic E-state index is -0.486. The van der Waals surface area contributed by atoms with Gasteiger partial charge in [-0.05, 0) is 38.3 Å². The molecule has 4 nitrogen and oxygen atoms in total. The summed E-state index contributed by atoms with van der Waals surface area (Å²) in [5.74, 6) is -0.486. The van der Waals surface area contributed by atoms with E-state index in [4.69, 9.17) is 11.5 Å². The van der Waals surface area contributed by atoms with Crippen molar-refractivity contribution in [3.63, 3.8) is 0 Å². The lowest BCUT2D eigenvalue weighted by Crippen LogP contribution is -2.10. The predicted molar refractivity (Wildman–Crippen MR) is 103 cm³/mol. The smallest absolute Gasteiger partial charge is 0.260 e. The van der Waals surface area contributed by atoms with Crippen molar-refractivity contribution >= 4 is 33.1 Å². The van der Waals surface area contributed by atoms with Crippen molar-refractivity contribution in [1.82, 2.24) is 4.98 Å². The van der Waals surface area contributed by atoms with E-state index in [9.17, 15) is 4.79 Å². The van der Waals surface area contributed by atoms with Gasteiger partial charge in [-0.3, -0.25) is 4.79 Å². The van der Waals surface area contributed by atoms with Gasteiger partial charge in [-0.25, -0.2) is 4.98 Å². The Labute approximate surface area is 146 Å². The number of aromatic nitrogens is 1. The van der Waals surface area contributed by atoms with Gasteiger partial charge in [0.25, 0.3) is 5.91 Å². The van der Waals surface area contributed by atoms with E-state index in [1.54, 1.807) is 0 Å².